The molecule has 2 N–H and O–H groups in total. The maximum Gasteiger partial charge on any atom is 0.237 e. The van der Waals surface area contributed by atoms with Crippen LogP contribution in [-0.2, 0) is 16.1 Å². The highest BCUT2D eigenvalue weighted by atomic mass is 16.5. The number of benzene rings is 1. The van der Waals surface area contributed by atoms with Gasteiger partial charge in [0, 0.05) is 5.56 Å². The van der Waals surface area contributed by atoms with Crippen molar-refractivity contribution in [2.45, 2.75) is 39.2 Å². The van der Waals surface area contributed by atoms with Crippen LogP contribution in [0.5, 0.6) is 5.75 Å². The van der Waals surface area contributed by atoms with Gasteiger partial charge in [-0.1, -0.05) is 24.5 Å². The second kappa shape index (κ2) is 8.21. The van der Waals surface area contributed by atoms with Crippen LogP contribution in [0.1, 0.15) is 36.8 Å². The number of aryl methyl sites for hydroxylation is 1. The first kappa shape index (κ1) is 19.4. The summed E-state index contributed by atoms with van der Waals surface area (Å²) in [4.78, 5) is 29.9. The molecule has 2 saturated heterocycles. The predicted octanol–water partition coefficient (Wildman–Crippen LogP) is -0.580. The Morgan fingerprint density at radius 3 is 2.21 bits per heavy atom. The van der Waals surface area contributed by atoms with E-state index in [4.69, 9.17) is 4.74 Å². The Morgan fingerprint density at radius 1 is 1.00 bits per heavy atom. The topological polar surface area (TPSA) is 55.5 Å². The van der Waals surface area contributed by atoms with Gasteiger partial charge in [0.2, 0.25) is 11.8 Å². The number of nitrogens with zero attached hydrogens (tertiary/aromatic N) is 1. The van der Waals surface area contributed by atoms with Gasteiger partial charge in [0.25, 0.3) is 0 Å². The average Bonchev–Trinajstić information content (AvgIpc) is 2.95. The number of fused-ring (bicyclic) bond motifs is 1. The summed E-state index contributed by atoms with van der Waals surface area (Å²) in [5.74, 6) is 1.11. The molecular weight excluding hydrogens is 354 g/mol. The third-order valence-electron chi connectivity index (χ3n) is 6.85. The van der Waals surface area contributed by atoms with Gasteiger partial charge in [-0.25, -0.2) is 4.90 Å². The van der Waals surface area contributed by atoms with Crippen LogP contribution in [0.3, 0.4) is 0 Å². The van der Waals surface area contributed by atoms with Crippen LogP contribution in [-0.4, -0.2) is 56.7 Å². The van der Waals surface area contributed by atoms with E-state index in [0.29, 0.717) is 6.67 Å². The van der Waals surface area contributed by atoms with E-state index in [0.717, 1.165) is 64.2 Å². The molecule has 28 heavy (non-hydrogen) atoms. The second-order valence-electron chi connectivity index (χ2n) is 8.75. The number of piperazine rings is 1. The zero-order valence-electron chi connectivity index (χ0n) is 17.1. The van der Waals surface area contributed by atoms with Crippen molar-refractivity contribution in [1.82, 2.24) is 4.90 Å². The zero-order chi connectivity index (χ0) is 19.7. The molecule has 2 heterocycles. The van der Waals surface area contributed by atoms with Crippen LogP contribution in [0.4, 0.5) is 0 Å². The van der Waals surface area contributed by atoms with Crippen LogP contribution in [0.15, 0.2) is 18.2 Å². The third kappa shape index (κ3) is 3.80. The van der Waals surface area contributed by atoms with Crippen molar-refractivity contribution in [3.63, 3.8) is 0 Å². The minimum absolute atomic E-state index is 0.0265. The fraction of sp³-hybridized carbons (Fsp3) is 0.636. The lowest BCUT2D eigenvalue weighted by Gasteiger charge is -2.31. The molecule has 0 aromatic heterocycles. The molecule has 0 radical (unpaired) electrons. The molecule has 2 atom stereocenters. The van der Waals surface area contributed by atoms with Crippen molar-refractivity contribution in [2.24, 2.45) is 11.8 Å². The molecule has 3 fully saturated rings. The molecule has 0 unspecified atom stereocenters. The first-order chi connectivity index (χ1) is 13.6. The van der Waals surface area contributed by atoms with Gasteiger partial charge < -0.3 is 14.5 Å². The minimum atomic E-state index is -0.0265. The normalized spacial score (nSPS) is 30.4. The highest BCUT2D eigenvalue weighted by Gasteiger charge is 2.49. The van der Waals surface area contributed by atoms with Crippen LogP contribution in [0.2, 0.25) is 0 Å². The Balaban J connectivity index is 1.32. The molecule has 1 aliphatic carbocycles. The SMILES string of the molecule is COc1ccc(C)cc1C[NH+]1CC[NH+](CN2C(=O)[C@H]3CCCC[C@@H]3C2=O)CC1. The fourth-order valence-electron chi connectivity index (χ4n) is 5.22. The first-order valence-electron chi connectivity index (χ1n) is 10.7. The van der Waals surface area contributed by atoms with E-state index >= 15 is 0 Å². The Bertz CT molecular complexity index is 719. The molecule has 1 aromatic rings. The first-order valence-corrected chi connectivity index (χ1v) is 10.7. The maximum atomic E-state index is 12.7. The van der Waals surface area contributed by atoms with E-state index in [9.17, 15) is 9.59 Å². The highest BCUT2D eigenvalue weighted by molar-refractivity contribution is 6.05. The summed E-state index contributed by atoms with van der Waals surface area (Å²) in [5, 5.41) is 0. The number of imide groups is 1. The lowest BCUT2D eigenvalue weighted by atomic mass is 9.81. The van der Waals surface area contributed by atoms with E-state index in [1.165, 1.54) is 16.0 Å². The number of ether oxygens (including phenoxy) is 1. The highest BCUT2D eigenvalue weighted by Crippen LogP contribution is 2.37. The Kier molecular flexibility index (Phi) is 5.69. The number of hydrogen-bond donors (Lipinski definition) is 2. The van der Waals surface area contributed by atoms with Gasteiger partial charge in [-0.2, -0.15) is 0 Å². The van der Waals surface area contributed by atoms with Crippen LogP contribution in [0, 0.1) is 18.8 Å². The number of likely N-dealkylation sites (tertiary alicyclic amines) is 1. The number of amides is 2. The third-order valence-corrected chi connectivity index (χ3v) is 6.85. The summed E-state index contributed by atoms with van der Waals surface area (Å²) < 4.78 is 5.52. The molecular formula is C22H33N3O3+2. The Morgan fingerprint density at radius 2 is 1.61 bits per heavy atom. The number of nitrogens with one attached hydrogen (secondary N) is 2. The summed E-state index contributed by atoms with van der Waals surface area (Å²) in [6.45, 7) is 7.73. The molecule has 0 spiro atoms. The Hall–Kier alpha value is -1.92. The molecule has 0 bridgehead atoms. The number of methoxy groups -OCH3 is 1. The molecule has 2 amide bonds. The van der Waals surface area contributed by atoms with Crippen molar-refractivity contribution in [3.8, 4) is 5.75 Å². The molecule has 152 valence electrons. The van der Waals surface area contributed by atoms with E-state index < -0.39 is 0 Å². The minimum Gasteiger partial charge on any atom is -0.496 e. The number of carbonyl (C=O) groups is 2. The number of rotatable bonds is 5. The van der Waals surface area contributed by atoms with Gasteiger partial charge in [-0.3, -0.25) is 9.59 Å². The second-order valence-corrected chi connectivity index (χ2v) is 8.75. The van der Waals surface area contributed by atoms with Crippen molar-refractivity contribution < 1.29 is 24.1 Å². The van der Waals surface area contributed by atoms with E-state index in [-0.39, 0.29) is 23.7 Å². The van der Waals surface area contributed by atoms with Gasteiger partial charge in [-0.05, 0) is 31.9 Å². The molecule has 4 rings (SSSR count). The molecule has 1 aromatic carbocycles. The summed E-state index contributed by atoms with van der Waals surface area (Å²) in [7, 11) is 1.73. The van der Waals surface area contributed by atoms with Crippen LogP contribution in [0.25, 0.3) is 0 Å². The van der Waals surface area contributed by atoms with Crippen molar-refractivity contribution in [2.75, 3.05) is 40.0 Å². The van der Waals surface area contributed by atoms with Crippen LogP contribution < -0.4 is 14.5 Å². The number of hydrogen-bond acceptors (Lipinski definition) is 3. The smallest absolute Gasteiger partial charge is 0.237 e. The molecule has 2 aliphatic heterocycles. The predicted molar refractivity (Wildman–Crippen MR) is 105 cm³/mol. The van der Waals surface area contributed by atoms with Gasteiger partial charge in [0.1, 0.15) is 38.5 Å². The fourth-order valence-corrected chi connectivity index (χ4v) is 5.22. The van der Waals surface area contributed by atoms with Crippen molar-refractivity contribution in [3.05, 3.63) is 29.3 Å². The molecule has 6 nitrogen and oxygen atoms in total. The quantitative estimate of drug-likeness (QED) is 0.665. The summed E-state index contributed by atoms with van der Waals surface area (Å²) in [5.41, 5.74) is 2.52. The van der Waals surface area contributed by atoms with E-state index in [1.807, 2.05) is 0 Å². The Labute approximate surface area is 167 Å². The average molecular weight is 388 g/mol. The number of quaternary nitrogens is 2. The summed E-state index contributed by atoms with van der Waals surface area (Å²) >= 11 is 0. The number of carbonyl (C=O) groups excluding carboxylic acids is 2. The molecule has 1 saturated carbocycles. The maximum absolute atomic E-state index is 12.7. The van der Waals surface area contributed by atoms with Crippen LogP contribution >= 0.6 is 0 Å². The monoisotopic (exact) mass is 387 g/mol. The van der Waals surface area contributed by atoms with Gasteiger partial charge >= 0.3 is 0 Å². The van der Waals surface area contributed by atoms with Gasteiger partial charge in [0.15, 0.2) is 6.67 Å². The van der Waals surface area contributed by atoms with Gasteiger partial charge in [0.05, 0.1) is 18.9 Å². The van der Waals surface area contributed by atoms with E-state index in [2.05, 4.69) is 25.1 Å². The van der Waals surface area contributed by atoms with Crippen molar-refractivity contribution in [1.29, 1.82) is 0 Å². The van der Waals surface area contributed by atoms with E-state index in [1.54, 1.807) is 16.9 Å². The zero-order valence-corrected chi connectivity index (χ0v) is 17.1. The standard InChI is InChI=1S/C22H31N3O3/c1-16-7-8-20(28-2)17(13-16)14-23-9-11-24(12-10-23)15-25-21(26)18-5-3-4-6-19(18)22(25)27/h7-8,13,18-19H,3-6,9-12,14-15H2,1-2H3/p+2/t18-,19-/m0/s1. The van der Waals surface area contributed by atoms with Crippen molar-refractivity contribution >= 4 is 11.8 Å². The van der Waals surface area contributed by atoms with Gasteiger partial charge in [-0.15, -0.1) is 0 Å². The lowest BCUT2D eigenvalue weighted by Crippen LogP contribution is -3.28. The summed E-state index contributed by atoms with van der Waals surface area (Å²) in [6, 6.07) is 6.35. The largest absolute Gasteiger partial charge is 0.496 e. The molecule has 6 heteroatoms. The molecule has 3 aliphatic rings. The lowest BCUT2D eigenvalue weighted by molar-refractivity contribution is -1.02. The summed E-state index contributed by atoms with van der Waals surface area (Å²) in [6.07, 6.45) is 3.98.